The number of hydrogen-bond acceptors (Lipinski definition) is 4. The van der Waals surface area contributed by atoms with Crippen LogP contribution in [0, 0.1) is 0 Å². The smallest absolute Gasteiger partial charge is 0.305 e. The summed E-state index contributed by atoms with van der Waals surface area (Å²) < 4.78 is 5.43. The predicted octanol–water partition coefficient (Wildman–Crippen LogP) is 1.82. The van der Waals surface area contributed by atoms with E-state index in [1.54, 1.807) is 6.07 Å². The minimum Gasteiger partial charge on any atom is -0.508 e. The quantitative estimate of drug-likeness (QED) is 0.735. The highest BCUT2D eigenvalue weighted by atomic mass is 79.9. The molecule has 2 rings (SSSR count). The van der Waals surface area contributed by atoms with E-state index >= 15 is 0 Å². The molecule has 1 heterocycles. The monoisotopic (exact) mass is 324 g/mol. The maximum Gasteiger partial charge on any atom is 0.305 e. The highest BCUT2D eigenvalue weighted by Gasteiger charge is 2.12. The van der Waals surface area contributed by atoms with Crippen LogP contribution in [-0.2, 0) is 0 Å². The van der Waals surface area contributed by atoms with Gasteiger partial charge in [0.25, 0.3) is 5.91 Å². The Morgan fingerprint density at radius 1 is 1.11 bits per heavy atom. The Hall–Kier alpha value is -2.28. The van der Waals surface area contributed by atoms with Crippen LogP contribution in [0.1, 0.15) is 20.9 Å². The minimum absolute atomic E-state index is 0.0334. The Morgan fingerprint density at radius 3 is 2.47 bits per heavy atom. The van der Waals surface area contributed by atoms with E-state index in [9.17, 15) is 14.7 Å². The molecule has 0 aliphatic heterocycles. The van der Waals surface area contributed by atoms with Crippen molar-refractivity contribution in [1.29, 1.82) is 0 Å². The van der Waals surface area contributed by atoms with Gasteiger partial charge >= 0.3 is 5.91 Å². The Bertz CT molecular complexity index is 624. The number of nitrogens with one attached hydrogen (secondary N) is 2. The van der Waals surface area contributed by atoms with Gasteiger partial charge in [-0.25, -0.2) is 0 Å². The molecule has 0 saturated carbocycles. The zero-order valence-corrected chi connectivity index (χ0v) is 11.1. The Balaban J connectivity index is 1.95. The van der Waals surface area contributed by atoms with Gasteiger partial charge in [-0.05, 0) is 46.3 Å². The lowest BCUT2D eigenvalue weighted by Crippen LogP contribution is -2.41. The molecule has 0 unspecified atom stereocenters. The number of phenols is 1. The summed E-state index contributed by atoms with van der Waals surface area (Å²) in [5, 5.41) is 9.23. The summed E-state index contributed by atoms with van der Waals surface area (Å²) in [7, 11) is 0. The third-order valence-corrected chi connectivity index (χ3v) is 2.62. The standard InChI is InChI=1S/C12H9BrN2O4/c13-10-5-4-9(19-10)12(18)15-14-11(17)7-2-1-3-8(16)6-7/h1-6,16H,(H,14,17)(H,15,18). The van der Waals surface area contributed by atoms with E-state index in [0.717, 1.165) is 0 Å². The summed E-state index contributed by atoms with van der Waals surface area (Å²) in [5.41, 5.74) is 4.63. The average molecular weight is 325 g/mol. The van der Waals surface area contributed by atoms with E-state index in [1.165, 1.54) is 30.3 Å². The van der Waals surface area contributed by atoms with Gasteiger partial charge in [0.15, 0.2) is 10.4 Å². The molecule has 98 valence electrons. The molecule has 0 spiro atoms. The van der Waals surface area contributed by atoms with Gasteiger partial charge in [-0.1, -0.05) is 6.07 Å². The lowest BCUT2D eigenvalue weighted by molar-refractivity contribution is 0.0830. The van der Waals surface area contributed by atoms with Gasteiger partial charge in [-0.3, -0.25) is 20.4 Å². The third kappa shape index (κ3) is 3.35. The number of hydrazine groups is 1. The summed E-state index contributed by atoms with van der Waals surface area (Å²) in [5.74, 6) is -1.11. The van der Waals surface area contributed by atoms with Crippen LogP contribution in [0.2, 0.25) is 0 Å². The molecule has 0 bridgehead atoms. The number of hydrogen-bond donors (Lipinski definition) is 3. The second kappa shape index (κ2) is 5.57. The molecule has 3 N–H and O–H groups in total. The Morgan fingerprint density at radius 2 is 1.84 bits per heavy atom. The molecule has 19 heavy (non-hydrogen) atoms. The fourth-order valence-corrected chi connectivity index (χ4v) is 1.64. The SMILES string of the molecule is O=C(NNC(=O)c1ccc(Br)o1)c1cccc(O)c1. The minimum atomic E-state index is -0.584. The number of carbonyl (C=O) groups excluding carboxylic acids is 2. The molecule has 0 atom stereocenters. The van der Waals surface area contributed by atoms with Gasteiger partial charge in [0.05, 0.1) is 0 Å². The lowest BCUT2D eigenvalue weighted by Gasteiger charge is -2.06. The number of benzene rings is 1. The first kappa shape index (κ1) is 13.2. The maximum atomic E-state index is 11.7. The summed E-state index contributed by atoms with van der Waals surface area (Å²) in [6.07, 6.45) is 0. The molecule has 1 aromatic heterocycles. The molecule has 6 nitrogen and oxygen atoms in total. The Kier molecular flexibility index (Phi) is 3.86. The van der Waals surface area contributed by atoms with Crippen molar-refractivity contribution in [1.82, 2.24) is 10.9 Å². The van der Waals surface area contributed by atoms with E-state index in [4.69, 9.17) is 4.42 Å². The van der Waals surface area contributed by atoms with Crippen molar-refractivity contribution in [2.45, 2.75) is 0 Å². The van der Waals surface area contributed by atoms with Gasteiger partial charge < -0.3 is 9.52 Å². The largest absolute Gasteiger partial charge is 0.508 e. The molecular formula is C12H9BrN2O4. The number of phenolic OH excluding ortho intramolecular Hbond substituents is 1. The average Bonchev–Trinajstić information content (AvgIpc) is 2.82. The van der Waals surface area contributed by atoms with Crippen LogP contribution in [0.4, 0.5) is 0 Å². The van der Waals surface area contributed by atoms with Crippen LogP contribution >= 0.6 is 15.9 Å². The van der Waals surface area contributed by atoms with Gasteiger partial charge in [0, 0.05) is 5.56 Å². The van der Waals surface area contributed by atoms with Crippen molar-refractivity contribution >= 4 is 27.7 Å². The van der Waals surface area contributed by atoms with Crippen molar-refractivity contribution in [3.05, 3.63) is 52.4 Å². The number of halogens is 1. The van der Waals surface area contributed by atoms with Crippen molar-refractivity contribution < 1.29 is 19.1 Å². The highest BCUT2D eigenvalue weighted by Crippen LogP contribution is 2.13. The summed E-state index contributed by atoms with van der Waals surface area (Å²) in [6.45, 7) is 0. The molecule has 1 aromatic carbocycles. The molecule has 2 amide bonds. The van der Waals surface area contributed by atoms with E-state index < -0.39 is 11.8 Å². The number of aromatic hydroxyl groups is 1. The normalized spacial score (nSPS) is 9.95. The van der Waals surface area contributed by atoms with Crippen LogP contribution < -0.4 is 10.9 Å². The van der Waals surface area contributed by atoms with Crippen molar-refractivity contribution in [2.75, 3.05) is 0 Å². The molecule has 7 heteroatoms. The fraction of sp³-hybridized carbons (Fsp3) is 0. The first-order valence-corrected chi connectivity index (χ1v) is 6.00. The van der Waals surface area contributed by atoms with Crippen LogP contribution in [0.15, 0.2) is 45.5 Å². The van der Waals surface area contributed by atoms with Crippen molar-refractivity contribution in [2.24, 2.45) is 0 Å². The molecule has 0 fully saturated rings. The molecule has 0 aliphatic carbocycles. The zero-order chi connectivity index (χ0) is 13.8. The molecular weight excluding hydrogens is 316 g/mol. The summed E-state index contributed by atoms with van der Waals surface area (Å²) in [4.78, 5) is 23.2. The summed E-state index contributed by atoms with van der Waals surface area (Å²) in [6, 6.07) is 8.77. The fourth-order valence-electron chi connectivity index (χ4n) is 1.33. The summed E-state index contributed by atoms with van der Waals surface area (Å²) >= 11 is 3.06. The predicted molar refractivity (Wildman–Crippen MR) is 69.4 cm³/mol. The highest BCUT2D eigenvalue weighted by molar-refractivity contribution is 9.10. The van der Waals surface area contributed by atoms with Crippen molar-refractivity contribution in [3.8, 4) is 5.75 Å². The van der Waals surface area contributed by atoms with E-state index in [-0.39, 0.29) is 17.1 Å². The molecule has 0 saturated heterocycles. The van der Waals surface area contributed by atoms with Gasteiger partial charge in [-0.15, -0.1) is 0 Å². The van der Waals surface area contributed by atoms with Crippen molar-refractivity contribution in [3.63, 3.8) is 0 Å². The van der Waals surface area contributed by atoms with Gasteiger partial charge in [0.2, 0.25) is 0 Å². The van der Waals surface area contributed by atoms with Crippen LogP contribution in [0.25, 0.3) is 0 Å². The molecule has 0 radical (unpaired) electrons. The number of furan rings is 1. The number of carbonyl (C=O) groups is 2. The van der Waals surface area contributed by atoms with E-state index in [1.807, 2.05) is 0 Å². The van der Waals surface area contributed by atoms with Crippen LogP contribution in [0.3, 0.4) is 0 Å². The third-order valence-electron chi connectivity index (χ3n) is 2.19. The zero-order valence-electron chi connectivity index (χ0n) is 9.51. The van der Waals surface area contributed by atoms with Gasteiger partial charge in [0.1, 0.15) is 5.75 Å². The van der Waals surface area contributed by atoms with E-state index in [0.29, 0.717) is 4.67 Å². The Labute approximate surface area is 116 Å². The first-order valence-electron chi connectivity index (χ1n) is 5.21. The maximum absolute atomic E-state index is 11.7. The van der Waals surface area contributed by atoms with E-state index in [2.05, 4.69) is 26.8 Å². The van der Waals surface area contributed by atoms with Crippen LogP contribution in [-0.4, -0.2) is 16.9 Å². The van der Waals surface area contributed by atoms with Gasteiger partial charge in [-0.2, -0.15) is 0 Å². The second-order valence-electron chi connectivity index (χ2n) is 3.56. The van der Waals surface area contributed by atoms with Crippen LogP contribution in [0.5, 0.6) is 5.75 Å². The first-order chi connectivity index (χ1) is 9.06. The second-order valence-corrected chi connectivity index (χ2v) is 4.34. The topological polar surface area (TPSA) is 91.6 Å². The molecule has 0 aliphatic rings. The number of amides is 2. The number of rotatable bonds is 2. The molecule has 2 aromatic rings. The lowest BCUT2D eigenvalue weighted by atomic mass is 10.2.